The third kappa shape index (κ3) is 4.07. The number of hydrogen-bond donors (Lipinski definition) is 1. The van der Waals surface area contributed by atoms with Crippen LogP contribution in [0.5, 0.6) is 11.9 Å². The van der Waals surface area contributed by atoms with Crippen LogP contribution in [-0.2, 0) is 12.1 Å². The number of fused-ring (bicyclic) bond motifs is 1. The van der Waals surface area contributed by atoms with E-state index in [9.17, 15) is 9.50 Å². The Morgan fingerprint density at radius 1 is 1.09 bits per heavy atom. The zero-order chi connectivity index (χ0) is 23.0. The van der Waals surface area contributed by atoms with Crippen LogP contribution in [0.25, 0.3) is 11.1 Å². The molecule has 5 rings (SSSR count). The molecule has 172 valence electrons. The Morgan fingerprint density at radius 2 is 1.91 bits per heavy atom. The first-order valence-electron chi connectivity index (χ1n) is 11.3. The minimum Gasteiger partial charge on any atom is -0.481 e. The lowest BCUT2D eigenvalue weighted by atomic mass is 9.83. The van der Waals surface area contributed by atoms with Gasteiger partial charge in [-0.1, -0.05) is 36.4 Å². The molecule has 2 fully saturated rings. The maximum absolute atomic E-state index is 13.5. The van der Waals surface area contributed by atoms with Crippen LogP contribution in [0.1, 0.15) is 24.0 Å². The molecule has 33 heavy (non-hydrogen) atoms. The third-order valence-electron chi connectivity index (χ3n) is 7.12. The second kappa shape index (κ2) is 8.72. The lowest BCUT2D eigenvalue weighted by Crippen LogP contribution is -2.35. The molecule has 0 spiro atoms. The number of aliphatic hydroxyl groups is 1. The molecule has 0 bridgehead atoms. The largest absolute Gasteiger partial charge is 0.481 e. The smallest absolute Gasteiger partial charge is 0.319 e. The predicted octanol–water partition coefficient (Wildman–Crippen LogP) is 4.03. The zero-order valence-corrected chi connectivity index (χ0v) is 18.9. The van der Waals surface area contributed by atoms with Crippen molar-refractivity contribution < 1.29 is 19.0 Å². The first-order chi connectivity index (χ1) is 16.0. The van der Waals surface area contributed by atoms with E-state index in [1.165, 1.54) is 18.7 Å². The van der Waals surface area contributed by atoms with Crippen molar-refractivity contribution in [3.05, 3.63) is 71.7 Å². The molecule has 3 atom stereocenters. The Labute approximate surface area is 193 Å². The van der Waals surface area contributed by atoms with E-state index in [0.717, 1.165) is 37.2 Å². The van der Waals surface area contributed by atoms with Crippen LogP contribution in [-0.4, -0.2) is 47.3 Å². The fraction of sp³-hybridized carbons (Fsp3) is 0.385. The molecule has 3 aromatic rings. The molecule has 1 aliphatic carbocycles. The molecule has 7 heteroatoms. The standard InChI is InChI=1S/C26H28FN3O3/c1-32-24-22(13-28-25(29-24)33-2)26(31)11-10-20-15-30(16-23(20)26)14-17-6-8-18(9-7-17)19-4-3-5-21(27)12-19/h3-9,12-13,20,23,31H,10-11,14-16H2,1-2H3/t20-,23+,26+/m0/s1. The van der Waals surface area contributed by atoms with Gasteiger partial charge in [-0.15, -0.1) is 0 Å². The van der Waals surface area contributed by atoms with Gasteiger partial charge < -0.3 is 14.6 Å². The quantitative estimate of drug-likeness (QED) is 0.613. The number of ether oxygens (including phenoxy) is 2. The number of likely N-dealkylation sites (tertiary alicyclic amines) is 1. The highest BCUT2D eigenvalue weighted by molar-refractivity contribution is 5.63. The van der Waals surface area contributed by atoms with E-state index >= 15 is 0 Å². The first-order valence-corrected chi connectivity index (χ1v) is 11.3. The number of nitrogens with zero attached hydrogens (tertiary/aromatic N) is 3. The summed E-state index contributed by atoms with van der Waals surface area (Å²) in [6.45, 7) is 2.54. The van der Waals surface area contributed by atoms with Crippen LogP contribution in [0.2, 0.25) is 0 Å². The molecule has 1 aliphatic heterocycles. The summed E-state index contributed by atoms with van der Waals surface area (Å²) >= 11 is 0. The van der Waals surface area contributed by atoms with E-state index in [2.05, 4.69) is 27.0 Å². The maximum atomic E-state index is 13.5. The van der Waals surface area contributed by atoms with E-state index in [1.54, 1.807) is 25.4 Å². The van der Waals surface area contributed by atoms with Gasteiger partial charge in [-0.05, 0) is 47.6 Å². The minimum absolute atomic E-state index is 0.0926. The molecule has 0 radical (unpaired) electrons. The van der Waals surface area contributed by atoms with Crippen molar-refractivity contribution in [2.75, 3.05) is 27.3 Å². The summed E-state index contributed by atoms with van der Waals surface area (Å²) in [6.07, 6.45) is 3.26. The lowest BCUT2D eigenvalue weighted by molar-refractivity contribution is -0.00972. The predicted molar refractivity (Wildman–Crippen MR) is 122 cm³/mol. The Kier molecular flexibility index (Phi) is 5.76. The monoisotopic (exact) mass is 449 g/mol. The molecule has 0 amide bonds. The van der Waals surface area contributed by atoms with Crippen LogP contribution in [0.3, 0.4) is 0 Å². The molecule has 0 unspecified atom stereocenters. The van der Waals surface area contributed by atoms with Crippen LogP contribution in [0, 0.1) is 17.7 Å². The number of hydrogen-bond acceptors (Lipinski definition) is 6. The normalized spacial score (nSPS) is 24.6. The SMILES string of the molecule is COc1ncc([C@]2(O)CC[C@H]3CN(Cc4ccc(-c5cccc(F)c5)cc4)C[C@H]32)c(OC)n1. The number of benzene rings is 2. The van der Waals surface area contributed by atoms with Gasteiger partial charge in [-0.25, -0.2) is 9.37 Å². The molecule has 1 aromatic heterocycles. The summed E-state index contributed by atoms with van der Waals surface area (Å²) in [5.41, 5.74) is 2.69. The van der Waals surface area contributed by atoms with Gasteiger partial charge in [0, 0.05) is 31.7 Å². The van der Waals surface area contributed by atoms with E-state index in [1.807, 2.05) is 18.2 Å². The zero-order valence-electron chi connectivity index (χ0n) is 18.9. The average molecular weight is 450 g/mol. The summed E-state index contributed by atoms with van der Waals surface area (Å²) in [4.78, 5) is 10.9. The van der Waals surface area contributed by atoms with Crippen LogP contribution >= 0.6 is 0 Å². The van der Waals surface area contributed by atoms with Crippen LogP contribution < -0.4 is 9.47 Å². The Hall–Kier alpha value is -3.03. The van der Waals surface area contributed by atoms with Crippen molar-refractivity contribution in [3.8, 4) is 23.0 Å². The molecular formula is C26H28FN3O3. The Balaban J connectivity index is 1.30. The summed E-state index contributed by atoms with van der Waals surface area (Å²) in [7, 11) is 3.06. The molecule has 1 N–H and O–H groups in total. The Morgan fingerprint density at radius 3 is 2.64 bits per heavy atom. The van der Waals surface area contributed by atoms with Crippen LogP contribution in [0.4, 0.5) is 4.39 Å². The highest BCUT2D eigenvalue weighted by Crippen LogP contribution is 2.52. The average Bonchev–Trinajstić information content (AvgIpc) is 3.39. The van der Waals surface area contributed by atoms with Crippen molar-refractivity contribution >= 4 is 0 Å². The second-order valence-electron chi connectivity index (χ2n) is 9.01. The van der Waals surface area contributed by atoms with Crippen LogP contribution in [0.15, 0.2) is 54.7 Å². The van der Waals surface area contributed by atoms with Crippen molar-refractivity contribution in [2.45, 2.75) is 25.0 Å². The summed E-state index contributed by atoms with van der Waals surface area (Å²) in [5.74, 6) is 0.645. The summed E-state index contributed by atoms with van der Waals surface area (Å²) < 4.78 is 24.1. The number of methoxy groups -OCH3 is 2. The second-order valence-corrected chi connectivity index (χ2v) is 9.01. The van der Waals surface area contributed by atoms with Crippen molar-refractivity contribution in [1.82, 2.24) is 14.9 Å². The maximum Gasteiger partial charge on any atom is 0.319 e. The van der Waals surface area contributed by atoms with E-state index in [0.29, 0.717) is 23.8 Å². The number of rotatable bonds is 6. The van der Waals surface area contributed by atoms with Gasteiger partial charge in [0.15, 0.2) is 0 Å². The number of halogens is 1. The number of aromatic nitrogens is 2. The molecule has 1 saturated heterocycles. The lowest BCUT2D eigenvalue weighted by Gasteiger charge is -2.31. The van der Waals surface area contributed by atoms with E-state index in [-0.39, 0.29) is 17.7 Å². The molecule has 2 aromatic carbocycles. The molecule has 2 aliphatic rings. The highest BCUT2D eigenvalue weighted by Gasteiger charge is 2.53. The third-order valence-corrected chi connectivity index (χ3v) is 7.12. The summed E-state index contributed by atoms with van der Waals surface area (Å²) in [5, 5.41) is 11.7. The van der Waals surface area contributed by atoms with Crippen molar-refractivity contribution in [2.24, 2.45) is 11.8 Å². The highest BCUT2D eigenvalue weighted by atomic mass is 19.1. The summed E-state index contributed by atoms with van der Waals surface area (Å²) in [6, 6.07) is 15.1. The first kappa shape index (κ1) is 21.8. The molecule has 6 nitrogen and oxygen atoms in total. The minimum atomic E-state index is -1.02. The molecule has 2 heterocycles. The van der Waals surface area contributed by atoms with Gasteiger partial charge in [0.05, 0.1) is 19.8 Å². The van der Waals surface area contributed by atoms with Crippen molar-refractivity contribution in [1.29, 1.82) is 0 Å². The van der Waals surface area contributed by atoms with E-state index in [4.69, 9.17) is 9.47 Å². The van der Waals surface area contributed by atoms with Gasteiger partial charge in [0.25, 0.3) is 0 Å². The Bertz CT molecular complexity index is 1140. The topological polar surface area (TPSA) is 67.7 Å². The van der Waals surface area contributed by atoms with Gasteiger partial charge in [-0.2, -0.15) is 4.98 Å². The molecule has 1 saturated carbocycles. The van der Waals surface area contributed by atoms with Gasteiger partial charge >= 0.3 is 6.01 Å². The van der Waals surface area contributed by atoms with Gasteiger partial charge in [0.2, 0.25) is 5.88 Å². The van der Waals surface area contributed by atoms with Gasteiger partial charge in [-0.3, -0.25) is 4.90 Å². The van der Waals surface area contributed by atoms with Gasteiger partial charge in [0.1, 0.15) is 11.4 Å². The molecular weight excluding hydrogens is 421 g/mol. The van der Waals surface area contributed by atoms with Crippen molar-refractivity contribution in [3.63, 3.8) is 0 Å². The van der Waals surface area contributed by atoms with E-state index < -0.39 is 5.60 Å². The fourth-order valence-electron chi connectivity index (χ4n) is 5.48. The fourth-order valence-corrected chi connectivity index (χ4v) is 5.48.